The number of carbonyl (C=O) groups is 2. The van der Waals surface area contributed by atoms with Gasteiger partial charge in [0.05, 0.1) is 13.7 Å². The van der Waals surface area contributed by atoms with Gasteiger partial charge < -0.3 is 20.1 Å². The fourth-order valence-electron chi connectivity index (χ4n) is 2.68. The number of rotatable bonds is 7. The van der Waals surface area contributed by atoms with Crippen LogP contribution >= 0.6 is 0 Å². The second-order valence-electron chi connectivity index (χ2n) is 6.17. The van der Waals surface area contributed by atoms with Gasteiger partial charge in [0, 0.05) is 30.2 Å². The Labute approximate surface area is 168 Å². The van der Waals surface area contributed by atoms with Crippen LogP contribution in [0.2, 0.25) is 0 Å². The molecule has 2 aromatic carbocycles. The first-order valence-corrected chi connectivity index (χ1v) is 9.03. The first-order chi connectivity index (χ1) is 14.0. The fraction of sp³-hybridized carbons (Fsp3) is 0.190. The SMILES string of the molecule is CCOc1ccc(NC(=O)c2ccc(NC(=O)c3cn(C)nc3OC)cc2)cc1. The molecule has 0 bridgehead atoms. The molecule has 1 aromatic heterocycles. The molecule has 2 amide bonds. The highest BCUT2D eigenvalue weighted by molar-refractivity contribution is 6.07. The van der Waals surface area contributed by atoms with E-state index in [1.807, 2.05) is 6.92 Å². The van der Waals surface area contributed by atoms with Crippen molar-refractivity contribution in [3.63, 3.8) is 0 Å². The van der Waals surface area contributed by atoms with Crippen molar-refractivity contribution in [2.24, 2.45) is 7.05 Å². The zero-order chi connectivity index (χ0) is 20.8. The molecule has 1 heterocycles. The molecule has 8 nitrogen and oxygen atoms in total. The molecule has 3 rings (SSSR count). The van der Waals surface area contributed by atoms with Gasteiger partial charge in [-0.1, -0.05) is 0 Å². The summed E-state index contributed by atoms with van der Waals surface area (Å²) in [6.45, 7) is 2.50. The van der Waals surface area contributed by atoms with Gasteiger partial charge in [0.2, 0.25) is 5.88 Å². The third-order valence-electron chi connectivity index (χ3n) is 4.06. The zero-order valence-electron chi connectivity index (χ0n) is 16.4. The van der Waals surface area contributed by atoms with E-state index in [0.717, 1.165) is 5.75 Å². The smallest absolute Gasteiger partial charge is 0.262 e. The van der Waals surface area contributed by atoms with Crippen molar-refractivity contribution >= 4 is 23.2 Å². The Balaban J connectivity index is 1.63. The van der Waals surface area contributed by atoms with Gasteiger partial charge in [0.25, 0.3) is 11.8 Å². The van der Waals surface area contributed by atoms with Gasteiger partial charge in [-0.25, -0.2) is 0 Å². The summed E-state index contributed by atoms with van der Waals surface area (Å²) in [6, 6.07) is 13.7. The molecule has 2 N–H and O–H groups in total. The Morgan fingerprint density at radius 1 is 0.966 bits per heavy atom. The number of methoxy groups -OCH3 is 1. The normalized spacial score (nSPS) is 10.3. The first kappa shape index (κ1) is 19.9. The Hall–Kier alpha value is -3.81. The number of ether oxygens (including phenoxy) is 2. The third kappa shape index (κ3) is 4.92. The van der Waals surface area contributed by atoms with Gasteiger partial charge >= 0.3 is 0 Å². The maximum Gasteiger partial charge on any atom is 0.262 e. The van der Waals surface area contributed by atoms with Crippen LogP contribution in [-0.4, -0.2) is 35.3 Å². The number of nitrogens with one attached hydrogen (secondary N) is 2. The molecule has 150 valence electrons. The van der Waals surface area contributed by atoms with Crippen molar-refractivity contribution in [2.75, 3.05) is 24.4 Å². The number of amides is 2. The molecular weight excluding hydrogens is 372 g/mol. The fourth-order valence-corrected chi connectivity index (χ4v) is 2.68. The molecule has 0 atom stereocenters. The van der Waals surface area contributed by atoms with Crippen molar-refractivity contribution in [1.82, 2.24) is 9.78 Å². The van der Waals surface area contributed by atoms with Crippen LogP contribution in [0.15, 0.2) is 54.7 Å². The molecule has 0 saturated carbocycles. The van der Waals surface area contributed by atoms with Gasteiger partial charge in [0.1, 0.15) is 11.3 Å². The lowest BCUT2D eigenvalue weighted by Crippen LogP contribution is -2.14. The Kier molecular flexibility index (Phi) is 6.13. The Morgan fingerprint density at radius 3 is 2.14 bits per heavy atom. The van der Waals surface area contributed by atoms with Crippen LogP contribution in [0.1, 0.15) is 27.6 Å². The van der Waals surface area contributed by atoms with Crippen LogP contribution in [-0.2, 0) is 7.05 Å². The minimum atomic E-state index is -0.346. The number of hydrogen-bond donors (Lipinski definition) is 2. The summed E-state index contributed by atoms with van der Waals surface area (Å²) in [5, 5.41) is 9.64. The summed E-state index contributed by atoms with van der Waals surface area (Å²) in [5.74, 6) is 0.398. The summed E-state index contributed by atoms with van der Waals surface area (Å²) < 4.78 is 12.0. The monoisotopic (exact) mass is 394 g/mol. The lowest BCUT2D eigenvalue weighted by atomic mass is 10.2. The molecule has 29 heavy (non-hydrogen) atoms. The summed E-state index contributed by atoms with van der Waals surface area (Å²) in [5.41, 5.74) is 2.01. The number of anilines is 2. The Bertz CT molecular complexity index is 995. The summed E-state index contributed by atoms with van der Waals surface area (Å²) in [7, 11) is 3.16. The number of benzene rings is 2. The predicted octanol–water partition coefficient (Wildman–Crippen LogP) is 3.33. The van der Waals surface area contributed by atoms with Crippen molar-refractivity contribution in [1.29, 1.82) is 0 Å². The third-order valence-corrected chi connectivity index (χ3v) is 4.06. The van der Waals surface area contributed by atoms with E-state index in [1.165, 1.54) is 11.8 Å². The molecule has 0 aliphatic rings. The lowest BCUT2D eigenvalue weighted by Gasteiger charge is -2.08. The van der Waals surface area contributed by atoms with E-state index in [-0.39, 0.29) is 17.7 Å². The second-order valence-corrected chi connectivity index (χ2v) is 6.17. The zero-order valence-corrected chi connectivity index (χ0v) is 16.4. The van der Waals surface area contributed by atoms with Crippen LogP contribution in [0.3, 0.4) is 0 Å². The molecule has 3 aromatic rings. The molecule has 0 unspecified atom stereocenters. The summed E-state index contributed by atoms with van der Waals surface area (Å²) in [4.78, 5) is 24.8. The van der Waals surface area contributed by atoms with Crippen molar-refractivity contribution < 1.29 is 19.1 Å². The molecule has 0 radical (unpaired) electrons. The van der Waals surface area contributed by atoms with E-state index in [4.69, 9.17) is 9.47 Å². The molecule has 8 heteroatoms. The molecular formula is C21H22N4O4. The van der Waals surface area contributed by atoms with Crippen molar-refractivity contribution in [3.05, 3.63) is 65.9 Å². The van der Waals surface area contributed by atoms with E-state index >= 15 is 0 Å². The number of aryl methyl sites for hydroxylation is 1. The minimum absolute atomic E-state index is 0.247. The summed E-state index contributed by atoms with van der Waals surface area (Å²) in [6.07, 6.45) is 1.58. The van der Waals surface area contributed by atoms with Crippen LogP contribution in [0.4, 0.5) is 11.4 Å². The molecule has 0 spiro atoms. The number of hydrogen-bond acceptors (Lipinski definition) is 5. The number of carbonyl (C=O) groups excluding carboxylic acids is 2. The van der Waals surface area contributed by atoms with Gasteiger partial charge in [0.15, 0.2) is 0 Å². The Morgan fingerprint density at radius 2 is 1.55 bits per heavy atom. The highest BCUT2D eigenvalue weighted by atomic mass is 16.5. The maximum atomic E-state index is 12.4. The van der Waals surface area contributed by atoms with Crippen LogP contribution in [0, 0.1) is 0 Å². The van der Waals surface area contributed by atoms with Gasteiger partial charge in [-0.15, -0.1) is 5.10 Å². The van der Waals surface area contributed by atoms with E-state index in [0.29, 0.717) is 29.1 Å². The lowest BCUT2D eigenvalue weighted by molar-refractivity contribution is 0.101. The number of aromatic nitrogens is 2. The van der Waals surface area contributed by atoms with E-state index in [9.17, 15) is 9.59 Å². The molecule has 0 fully saturated rings. The van der Waals surface area contributed by atoms with Crippen LogP contribution in [0.5, 0.6) is 11.6 Å². The first-order valence-electron chi connectivity index (χ1n) is 9.03. The van der Waals surface area contributed by atoms with E-state index in [1.54, 1.807) is 61.8 Å². The second kappa shape index (κ2) is 8.92. The average molecular weight is 394 g/mol. The predicted molar refractivity (Wildman–Crippen MR) is 110 cm³/mol. The van der Waals surface area contributed by atoms with Crippen molar-refractivity contribution in [3.8, 4) is 11.6 Å². The van der Waals surface area contributed by atoms with Gasteiger partial charge in [-0.2, -0.15) is 0 Å². The van der Waals surface area contributed by atoms with Crippen LogP contribution in [0.25, 0.3) is 0 Å². The minimum Gasteiger partial charge on any atom is -0.494 e. The van der Waals surface area contributed by atoms with Gasteiger partial charge in [-0.05, 0) is 55.5 Å². The largest absolute Gasteiger partial charge is 0.494 e. The highest BCUT2D eigenvalue weighted by Gasteiger charge is 2.16. The number of nitrogens with zero attached hydrogens (tertiary/aromatic N) is 2. The molecule has 0 saturated heterocycles. The van der Waals surface area contributed by atoms with Crippen LogP contribution < -0.4 is 20.1 Å². The molecule has 0 aliphatic carbocycles. The van der Waals surface area contributed by atoms with Crippen molar-refractivity contribution in [2.45, 2.75) is 6.92 Å². The quantitative estimate of drug-likeness (QED) is 0.641. The van der Waals surface area contributed by atoms with E-state index in [2.05, 4.69) is 15.7 Å². The van der Waals surface area contributed by atoms with Gasteiger partial charge in [-0.3, -0.25) is 14.3 Å². The topological polar surface area (TPSA) is 94.5 Å². The summed E-state index contributed by atoms with van der Waals surface area (Å²) >= 11 is 0. The standard InChI is InChI=1S/C21H22N4O4/c1-4-29-17-11-9-16(10-12-17)22-19(26)14-5-7-15(8-6-14)23-20(27)18-13-25(2)24-21(18)28-3/h5-13H,4H2,1-3H3,(H,22,26)(H,23,27). The van der Waals surface area contributed by atoms with E-state index < -0.39 is 0 Å². The molecule has 0 aliphatic heterocycles. The maximum absolute atomic E-state index is 12.4. The average Bonchev–Trinajstić information content (AvgIpc) is 3.11. The highest BCUT2D eigenvalue weighted by Crippen LogP contribution is 2.19.